The summed E-state index contributed by atoms with van der Waals surface area (Å²) in [5.41, 5.74) is 1.46. The molecule has 0 aliphatic carbocycles. The van der Waals surface area contributed by atoms with E-state index in [9.17, 15) is 4.39 Å². The number of halogens is 1. The van der Waals surface area contributed by atoms with Gasteiger partial charge in [-0.2, -0.15) is 4.98 Å². The Hall–Kier alpha value is -2.17. The predicted octanol–water partition coefficient (Wildman–Crippen LogP) is 2.58. The van der Waals surface area contributed by atoms with E-state index in [0.717, 1.165) is 5.69 Å². The number of benzene rings is 1. The van der Waals surface area contributed by atoms with Gasteiger partial charge < -0.3 is 10.6 Å². The Kier molecular flexibility index (Phi) is 3.72. The molecule has 2 aromatic rings. The smallest absolute Gasteiger partial charge is 0.224 e. The summed E-state index contributed by atoms with van der Waals surface area (Å²) in [4.78, 5) is 8.43. The van der Waals surface area contributed by atoms with Crippen molar-refractivity contribution in [2.75, 3.05) is 17.7 Å². The molecule has 18 heavy (non-hydrogen) atoms. The van der Waals surface area contributed by atoms with Gasteiger partial charge in [-0.05, 0) is 13.0 Å². The maximum Gasteiger partial charge on any atom is 0.224 e. The van der Waals surface area contributed by atoms with Gasteiger partial charge in [-0.1, -0.05) is 18.2 Å². The lowest BCUT2D eigenvalue weighted by Gasteiger charge is -2.08. The lowest BCUT2D eigenvalue weighted by Crippen LogP contribution is -2.06. The third kappa shape index (κ3) is 2.94. The molecule has 1 aromatic carbocycles. The van der Waals surface area contributed by atoms with Gasteiger partial charge in [0.25, 0.3) is 0 Å². The molecule has 0 saturated heterocycles. The van der Waals surface area contributed by atoms with Crippen molar-refractivity contribution in [1.29, 1.82) is 0 Å². The number of nitrogens with one attached hydrogen (secondary N) is 2. The number of hydrogen-bond acceptors (Lipinski definition) is 4. The van der Waals surface area contributed by atoms with Crippen LogP contribution in [-0.4, -0.2) is 17.0 Å². The van der Waals surface area contributed by atoms with Crippen LogP contribution in [0, 0.1) is 12.7 Å². The fourth-order valence-electron chi connectivity index (χ4n) is 1.60. The first-order chi connectivity index (χ1) is 8.69. The second-order valence-electron chi connectivity index (χ2n) is 3.91. The van der Waals surface area contributed by atoms with Crippen LogP contribution in [0.3, 0.4) is 0 Å². The summed E-state index contributed by atoms with van der Waals surface area (Å²) >= 11 is 0. The van der Waals surface area contributed by atoms with Gasteiger partial charge in [0, 0.05) is 30.9 Å². The van der Waals surface area contributed by atoms with E-state index in [1.807, 2.05) is 19.1 Å². The third-order valence-electron chi connectivity index (χ3n) is 2.50. The molecule has 0 fully saturated rings. The Bertz CT molecular complexity index is 542. The van der Waals surface area contributed by atoms with E-state index in [2.05, 4.69) is 20.6 Å². The van der Waals surface area contributed by atoms with Crippen LogP contribution in [0.1, 0.15) is 11.3 Å². The molecule has 0 atom stereocenters. The maximum absolute atomic E-state index is 13.4. The summed E-state index contributed by atoms with van der Waals surface area (Å²) in [7, 11) is 1.76. The van der Waals surface area contributed by atoms with Gasteiger partial charge in [-0.25, -0.2) is 9.37 Å². The zero-order chi connectivity index (χ0) is 13.0. The minimum Gasteiger partial charge on any atom is -0.366 e. The standard InChI is InChI=1S/C13H15FN4/c1-9-7-12(18-13(15-2)17-9)16-8-10-5-3-4-6-11(10)14/h3-7H,8H2,1-2H3,(H2,15,16,17,18). The molecule has 2 rings (SSSR count). The average molecular weight is 246 g/mol. The minimum atomic E-state index is -0.218. The molecule has 2 N–H and O–H groups in total. The van der Waals surface area contributed by atoms with Crippen LogP contribution < -0.4 is 10.6 Å². The normalized spacial score (nSPS) is 10.2. The topological polar surface area (TPSA) is 49.8 Å². The highest BCUT2D eigenvalue weighted by molar-refractivity contribution is 5.42. The Morgan fingerprint density at radius 1 is 1.22 bits per heavy atom. The minimum absolute atomic E-state index is 0.218. The number of hydrogen-bond donors (Lipinski definition) is 2. The van der Waals surface area contributed by atoms with E-state index in [-0.39, 0.29) is 5.82 Å². The molecule has 0 spiro atoms. The Balaban J connectivity index is 2.11. The van der Waals surface area contributed by atoms with Crippen molar-refractivity contribution in [2.45, 2.75) is 13.5 Å². The molecule has 1 aromatic heterocycles. The average Bonchev–Trinajstić information content (AvgIpc) is 2.37. The molecule has 5 heteroatoms. The van der Waals surface area contributed by atoms with Gasteiger partial charge in [0.1, 0.15) is 11.6 Å². The van der Waals surface area contributed by atoms with Crippen molar-refractivity contribution < 1.29 is 4.39 Å². The summed E-state index contributed by atoms with van der Waals surface area (Å²) in [6.07, 6.45) is 0. The van der Waals surface area contributed by atoms with E-state index in [1.165, 1.54) is 6.07 Å². The Morgan fingerprint density at radius 3 is 2.72 bits per heavy atom. The van der Waals surface area contributed by atoms with E-state index in [0.29, 0.717) is 23.9 Å². The fraction of sp³-hybridized carbons (Fsp3) is 0.231. The van der Waals surface area contributed by atoms with Crippen LogP contribution in [0.2, 0.25) is 0 Å². The van der Waals surface area contributed by atoms with Gasteiger partial charge >= 0.3 is 0 Å². The number of aryl methyl sites for hydroxylation is 1. The highest BCUT2D eigenvalue weighted by atomic mass is 19.1. The molecular formula is C13H15FN4. The Morgan fingerprint density at radius 2 is 2.00 bits per heavy atom. The summed E-state index contributed by atoms with van der Waals surface area (Å²) in [5.74, 6) is 1.01. The van der Waals surface area contributed by atoms with Crippen molar-refractivity contribution in [3.05, 3.63) is 47.4 Å². The number of nitrogens with zero attached hydrogens (tertiary/aromatic N) is 2. The summed E-state index contributed by atoms with van der Waals surface area (Å²) < 4.78 is 13.4. The first-order valence-corrected chi connectivity index (χ1v) is 5.70. The first-order valence-electron chi connectivity index (χ1n) is 5.70. The predicted molar refractivity (Wildman–Crippen MR) is 70.0 cm³/mol. The van der Waals surface area contributed by atoms with Gasteiger partial charge in [-0.15, -0.1) is 0 Å². The molecule has 0 aliphatic rings. The number of anilines is 2. The zero-order valence-corrected chi connectivity index (χ0v) is 10.4. The van der Waals surface area contributed by atoms with E-state index in [4.69, 9.17) is 0 Å². The summed E-state index contributed by atoms with van der Waals surface area (Å²) in [6, 6.07) is 8.50. The fourth-order valence-corrected chi connectivity index (χ4v) is 1.60. The summed E-state index contributed by atoms with van der Waals surface area (Å²) in [5, 5.41) is 5.97. The van der Waals surface area contributed by atoms with E-state index < -0.39 is 0 Å². The van der Waals surface area contributed by atoms with Crippen molar-refractivity contribution in [3.8, 4) is 0 Å². The van der Waals surface area contributed by atoms with Crippen molar-refractivity contribution in [3.63, 3.8) is 0 Å². The molecule has 0 radical (unpaired) electrons. The highest BCUT2D eigenvalue weighted by Gasteiger charge is 2.03. The lowest BCUT2D eigenvalue weighted by molar-refractivity contribution is 0.613. The van der Waals surface area contributed by atoms with Crippen LogP contribution in [-0.2, 0) is 6.54 Å². The van der Waals surface area contributed by atoms with E-state index in [1.54, 1.807) is 19.2 Å². The van der Waals surface area contributed by atoms with Gasteiger partial charge in [0.15, 0.2) is 0 Å². The second-order valence-corrected chi connectivity index (χ2v) is 3.91. The van der Waals surface area contributed by atoms with Crippen molar-refractivity contribution in [1.82, 2.24) is 9.97 Å². The lowest BCUT2D eigenvalue weighted by atomic mass is 10.2. The number of aromatic nitrogens is 2. The van der Waals surface area contributed by atoms with Crippen LogP contribution in [0.25, 0.3) is 0 Å². The monoisotopic (exact) mass is 246 g/mol. The third-order valence-corrected chi connectivity index (χ3v) is 2.50. The van der Waals surface area contributed by atoms with Gasteiger partial charge in [-0.3, -0.25) is 0 Å². The first kappa shape index (κ1) is 12.3. The number of rotatable bonds is 4. The largest absolute Gasteiger partial charge is 0.366 e. The van der Waals surface area contributed by atoms with Gasteiger partial charge in [0.2, 0.25) is 5.95 Å². The maximum atomic E-state index is 13.4. The van der Waals surface area contributed by atoms with Crippen molar-refractivity contribution in [2.24, 2.45) is 0 Å². The molecule has 94 valence electrons. The summed E-state index contributed by atoms with van der Waals surface area (Å²) in [6.45, 7) is 2.28. The van der Waals surface area contributed by atoms with Crippen LogP contribution in [0.15, 0.2) is 30.3 Å². The molecule has 0 amide bonds. The van der Waals surface area contributed by atoms with Gasteiger partial charge in [0.05, 0.1) is 0 Å². The van der Waals surface area contributed by atoms with E-state index >= 15 is 0 Å². The molecule has 0 bridgehead atoms. The molecule has 0 unspecified atom stereocenters. The SMILES string of the molecule is CNc1nc(C)cc(NCc2ccccc2F)n1. The molecule has 0 aliphatic heterocycles. The van der Waals surface area contributed by atoms with Crippen molar-refractivity contribution >= 4 is 11.8 Å². The van der Waals surface area contributed by atoms with Crippen LogP contribution in [0.5, 0.6) is 0 Å². The molecular weight excluding hydrogens is 231 g/mol. The second kappa shape index (κ2) is 5.44. The Labute approximate surface area is 105 Å². The quantitative estimate of drug-likeness (QED) is 0.870. The zero-order valence-electron chi connectivity index (χ0n) is 10.4. The molecule has 0 saturated carbocycles. The van der Waals surface area contributed by atoms with Crippen LogP contribution in [0.4, 0.5) is 16.2 Å². The highest BCUT2D eigenvalue weighted by Crippen LogP contribution is 2.12. The van der Waals surface area contributed by atoms with Crippen LogP contribution >= 0.6 is 0 Å². The molecule has 4 nitrogen and oxygen atoms in total. The molecule has 1 heterocycles.